The van der Waals surface area contributed by atoms with Crippen molar-refractivity contribution in [1.29, 1.82) is 5.26 Å². The Kier molecular flexibility index (Phi) is 2.41. The van der Waals surface area contributed by atoms with Gasteiger partial charge in [0.1, 0.15) is 5.82 Å². The van der Waals surface area contributed by atoms with E-state index in [-0.39, 0.29) is 6.61 Å². The normalized spacial score (nSPS) is 11.6. The number of aliphatic hydroxyl groups excluding tert-OH is 1. The van der Waals surface area contributed by atoms with Gasteiger partial charge < -0.3 is 10.1 Å². The number of fused-ring (bicyclic) bond motifs is 1. The van der Waals surface area contributed by atoms with E-state index in [0.29, 0.717) is 5.56 Å². The minimum Gasteiger partial charge on any atom is -0.395 e. The summed E-state index contributed by atoms with van der Waals surface area (Å²) in [4.78, 5) is 7.54. The first kappa shape index (κ1) is 10.7. The van der Waals surface area contributed by atoms with E-state index in [1.54, 1.807) is 18.2 Å². The van der Waals surface area contributed by atoms with Crippen LogP contribution in [-0.2, 0) is 5.41 Å². The number of H-pyrrole nitrogens is 1. The standard InChI is InChI=1S/C12H13N3O/c1-12(2,7-16)11-14-9-4-3-8(6-13)5-10(9)15-11/h3-5,16H,7H2,1-2H3,(H,14,15). The predicted molar refractivity (Wildman–Crippen MR) is 60.9 cm³/mol. The van der Waals surface area contributed by atoms with Crippen molar-refractivity contribution in [2.24, 2.45) is 0 Å². The summed E-state index contributed by atoms with van der Waals surface area (Å²) in [5, 5.41) is 18.0. The van der Waals surface area contributed by atoms with Gasteiger partial charge in [-0.1, -0.05) is 13.8 Å². The third-order valence-corrected chi connectivity index (χ3v) is 2.65. The zero-order valence-electron chi connectivity index (χ0n) is 9.28. The summed E-state index contributed by atoms with van der Waals surface area (Å²) in [6.07, 6.45) is 0. The number of aromatic nitrogens is 2. The van der Waals surface area contributed by atoms with Crippen molar-refractivity contribution in [3.05, 3.63) is 29.6 Å². The summed E-state index contributed by atoms with van der Waals surface area (Å²) in [5.74, 6) is 0.736. The van der Waals surface area contributed by atoms with E-state index >= 15 is 0 Å². The van der Waals surface area contributed by atoms with Crippen LogP contribution in [0, 0.1) is 11.3 Å². The Bertz CT molecular complexity index is 563. The van der Waals surface area contributed by atoms with Gasteiger partial charge in [-0.05, 0) is 18.2 Å². The molecule has 0 atom stereocenters. The minimum absolute atomic E-state index is 0.0257. The summed E-state index contributed by atoms with van der Waals surface area (Å²) in [5.41, 5.74) is 1.85. The van der Waals surface area contributed by atoms with Crippen LogP contribution in [-0.4, -0.2) is 21.7 Å². The highest BCUT2D eigenvalue weighted by molar-refractivity contribution is 5.76. The number of aromatic amines is 1. The SMILES string of the molecule is CC(C)(CO)c1nc2ccc(C#N)cc2[nH]1. The van der Waals surface area contributed by atoms with E-state index < -0.39 is 5.41 Å². The maximum absolute atomic E-state index is 9.26. The number of benzene rings is 1. The lowest BCUT2D eigenvalue weighted by atomic mass is 9.94. The van der Waals surface area contributed by atoms with Gasteiger partial charge in [-0.3, -0.25) is 0 Å². The molecule has 0 radical (unpaired) electrons. The lowest BCUT2D eigenvalue weighted by Crippen LogP contribution is -2.23. The number of nitriles is 1. The molecule has 2 aromatic rings. The molecule has 82 valence electrons. The fourth-order valence-electron chi connectivity index (χ4n) is 1.47. The zero-order chi connectivity index (χ0) is 11.8. The molecule has 0 aliphatic rings. The van der Waals surface area contributed by atoms with Crippen molar-refractivity contribution in [3.8, 4) is 6.07 Å². The third kappa shape index (κ3) is 1.66. The van der Waals surface area contributed by atoms with Crippen molar-refractivity contribution in [1.82, 2.24) is 9.97 Å². The van der Waals surface area contributed by atoms with Crippen LogP contribution in [0.5, 0.6) is 0 Å². The molecule has 1 heterocycles. The predicted octanol–water partition coefficient (Wildman–Crippen LogP) is 1.70. The number of imidazole rings is 1. The van der Waals surface area contributed by atoms with Crippen LogP contribution in [0.3, 0.4) is 0 Å². The lowest BCUT2D eigenvalue weighted by molar-refractivity contribution is 0.213. The van der Waals surface area contributed by atoms with E-state index in [9.17, 15) is 5.11 Å². The molecule has 0 amide bonds. The molecule has 0 fully saturated rings. The quantitative estimate of drug-likeness (QED) is 0.800. The van der Waals surface area contributed by atoms with Gasteiger partial charge in [-0.2, -0.15) is 5.26 Å². The Labute approximate surface area is 93.6 Å². The number of nitrogens with one attached hydrogen (secondary N) is 1. The molecule has 2 rings (SSSR count). The first-order valence-electron chi connectivity index (χ1n) is 5.08. The van der Waals surface area contributed by atoms with E-state index in [1.807, 2.05) is 13.8 Å². The smallest absolute Gasteiger partial charge is 0.115 e. The third-order valence-electron chi connectivity index (χ3n) is 2.65. The molecule has 1 aromatic heterocycles. The second-order valence-electron chi connectivity index (χ2n) is 4.47. The van der Waals surface area contributed by atoms with E-state index in [1.165, 1.54) is 0 Å². The molecule has 16 heavy (non-hydrogen) atoms. The van der Waals surface area contributed by atoms with E-state index in [4.69, 9.17) is 5.26 Å². The molecule has 2 N–H and O–H groups in total. The molecule has 0 aliphatic heterocycles. The van der Waals surface area contributed by atoms with Crippen molar-refractivity contribution in [2.45, 2.75) is 19.3 Å². The highest BCUT2D eigenvalue weighted by Gasteiger charge is 2.23. The van der Waals surface area contributed by atoms with Crippen molar-refractivity contribution in [2.75, 3.05) is 6.61 Å². The largest absolute Gasteiger partial charge is 0.395 e. The first-order chi connectivity index (χ1) is 7.56. The Morgan fingerprint density at radius 2 is 2.25 bits per heavy atom. The molecule has 0 saturated heterocycles. The summed E-state index contributed by atoms with van der Waals surface area (Å²) in [6, 6.07) is 7.39. The Morgan fingerprint density at radius 3 is 2.88 bits per heavy atom. The van der Waals surface area contributed by atoms with Gasteiger partial charge in [-0.25, -0.2) is 4.98 Å². The summed E-state index contributed by atoms with van der Waals surface area (Å²) in [6.45, 7) is 3.85. The van der Waals surface area contributed by atoms with Crippen molar-refractivity contribution >= 4 is 11.0 Å². The number of hydrogen-bond donors (Lipinski definition) is 2. The molecular formula is C12H13N3O. The number of aliphatic hydroxyl groups is 1. The van der Waals surface area contributed by atoms with Crippen molar-refractivity contribution < 1.29 is 5.11 Å². The Balaban J connectivity index is 2.57. The van der Waals surface area contributed by atoms with E-state index in [2.05, 4.69) is 16.0 Å². The topological polar surface area (TPSA) is 72.7 Å². The average molecular weight is 215 g/mol. The van der Waals surface area contributed by atoms with E-state index in [0.717, 1.165) is 16.9 Å². The molecule has 0 bridgehead atoms. The monoisotopic (exact) mass is 215 g/mol. The van der Waals surface area contributed by atoms with Crippen LogP contribution < -0.4 is 0 Å². The minimum atomic E-state index is -0.397. The first-order valence-corrected chi connectivity index (χ1v) is 5.08. The van der Waals surface area contributed by atoms with Gasteiger partial charge in [0.05, 0.1) is 29.3 Å². The molecule has 4 heteroatoms. The number of hydrogen-bond acceptors (Lipinski definition) is 3. The van der Waals surface area contributed by atoms with Crippen LogP contribution >= 0.6 is 0 Å². The van der Waals surface area contributed by atoms with Crippen molar-refractivity contribution in [3.63, 3.8) is 0 Å². The zero-order valence-corrected chi connectivity index (χ0v) is 9.28. The summed E-state index contributed by atoms with van der Waals surface area (Å²) in [7, 11) is 0. The van der Waals surface area contributed by atoms with Crippen LogP contribution in [0.25, 0.3) is 11.0 Å². The van der Waals surface area contributed by atoms with Crippen LogP contribution in [0.1, 0.15) is 25.2 Å². The molecule has 0 unspecified atom stereocenters. The van der Waals surface area contributed by atoms with Gasteiger partial charge in [0.25, 0.3) is 0 Å². The van der Waals surface area contributed by atoms with Gasteiger partial charge in [-0.15, -0.1) is 0 Å². The van der Waals surface area contributed by atoms with Crippen LogP contribution in [0.4, 0.5) is 0 Å². The van der Waals surface area contributed by atoms with Crippen LogP contribution in [0.15, 0.2) is 18.2 Å². The second-order valence-corrected chi connectivity index (χ2v) is 4.47. The highest BCUT2D eigenvalue weighted by atomic mass is 16.3. The molecule has 0 aliphatic carbocycles. The molecule has 4 nitrogen and oxygen atoms in total. The number of nitrogens with zero attached hydrogens (tertiary/aromatic N) is 2. The van der Waals surface area contributed by atoms with Gasteiger partial charge >= 0.3 is 0 Å². The van der Waals surface area contributed by atoms with Gasteiger partial charge in [0.2, 0.25) is 0 Å². The lowest BCUT2D eigenvalue weighted by Gasteiger charge is -2.17. The second kappa shape index (κ2) is 3.62. The molecule has 0 saturated carbocycles. The fraction of sp³-hybridized carbons (Fsp3) is 0.333. The molecular weight excluding hydrogens is 202 g/mol. The highest BCUT2D eigenvalue weighted by Crippen LogP contribution is 2.23. The Hall–Kier alpha value is -1.86. The summed E-state index contributed by atoms with van der Waals surface area (Å²) < 4.78 is 0. The number of rotatable bonds is 2. The summed E-state index contributed by atoms with van der Waals surface area (Å²) >= 11 is 0. The van der Waals surface area contributed by atoms with Gasteiger partial charge in [0.15, 0.2) is 0 Å². The average Bonchev–Trinajstić information content (AvgIpc) is 2.72. The van der Waals surface area contributed by atoms with Gasteiger partial charge in [0, 0.05) is 5.41 Å². The molecule has 1 aromatic carbocycles. The Morgan fingerprint density at radius 1 is 1.50 bits per heavy atom. The molecule has 0 spiro atoms. The maximum atomic E-state index is 9.26. The maximum Gasteiger partial charge on any atom is 0.115 e. The van der Waals surface area contributed by atoms with Crippen LogP contribution in [0.2, 0.25) is 0 Å². The fourth-order valence-corrected chi connectivity index (χ4v) is 1.47.